The third-order valence-corrected chi connectivity index (χ3v) is 8.83. The second-order valence-electron chi connectivity index (χ2n) is 11.4. The number of hydrogen-bond donors (Lipinski definition) is 0. The predicted molar refractivity (Wildman–Crippen MR) is 181 cm³/mol. The normalized spacial score (nSPS) is 17.5. The van der Waals surface area contributed by atoms with Gasteiger partial charge in [0.25, 0.3) is 0 Å². The molecule has 7 aromatic rings. The van der Waals surface area contributed by atoms with E-state index in [1.807, 2.05) is 24.5 Å². The van der Waals surface area contributed by atoms with Crippen LogP contribution in [0.4, 0.5) is 5.69 Å². The van der Waals surface area contributed by atoms with Crippen molar-refractivity contribution in [3.8, 4) is 22.3 Å². The standard InChI is InChI=1S/C40H27N3O/c1-2-7-28(8-3-1)40-42-35-10-4-5-11-36(35)43(40)32-18-15-26(16-19-32)29-17-20-37-34(24-29)39-33(9-6-12-38(39)44-37)30-14-13-27-21-22-41-25-31(27)23-30/h1-25,35-36H. The van der Waals surface area contributed by atoms with Crippen LogP contribution in [0, 0.1) is 0 Å². The molecule has 4 heteroatoms. The van der Waals surface area contributed by atoms with Gasteiger partial charge in [0, 0.05) is 39.8 Å². The van der Waals surface area contributed by atoms with Gasteiger partial charge in [0.05, 0.1) is 12.1 Å². The summed E-state index contributed by atoms with van der Waals surface area (Å²) in [7, 11) is 0. The van der Waals surface area contributed by atoms with Crippen LogP contribution in [-0.4, -0.2) is 22.9 Å². The van der Waals surface area contributed by atoms with E-state index in [4.69, 9.17) is 9.41 Å². The van der Waals surface area contributed by atoms with Crippen molar-refractivity contribution in [2.45, 2.75) is 12.1 Å². The molecule has 2 unspecified atom stereocenters. The van der Waals surface area contributed by atoms with Crippen molar-refractivity contribution in [1.29, 1.82) is 0 Å². The number of aromatic nitrogens is 1. The van der Waals surface area contributed by atoms with E-state index in [0.717, 1.165) is 66.7 Å². The molecule has 2 aliphatic rings. The van der Waals surface area contributed by atoms with Crippen LogP contribution in [0.1, 0.15) is 5.56 Å². The Balaban J connectivity index is 1.11. The van der Waals surface area contributed by atoms with Gasteiger partial charge in [0.15, 0.2) is 0 Å². The number of nitrogens with zero attached hydrogens (tertiary/aromatic N) is 3. The number of benzene rings is 5. The molecule has 44 heavy (non-hydrogen) atoms. The molecule has 0 fully saturated rings. The second-order valence-corrected chi connectivity index (χ2v) is 11.4. The average Bonchev–Trinajstić information content (AvgIpc) is 3.67. The Bertz CT molecular complexity index is 2290. The minimum absolute atomic E-state index is 0.111. The first-order valence-electron chi connectivity index (χ1n) is 15.0. The zero-order valence-corrected chi connectivity index (χ0v) is 23.8. The number of pyridine rings is 1. The van der Waals surface area contributed by atoms with Crippen LogP contribution in [0.5, 0.6) is 0 Å². The van der Waals surface area contributed by atoms with E-state index < -0.39 is 0 Å². The van der Waals surface area contributed by atoms with Gasteiger partial charge in [-0.1, -0.05) is 97.1 Å². The Morgan fingerprint density at radius 2 is 1.45 bits per heavy atom. The molecule has 0 N–H and O–H groups in total. The minimum atomic E-state index is 0.111. The fourth-order valence-corrected chi connectivity index (χ4v) is 6.70. The monoisotopic (exact) mass is 565 g/mol. The first-order valence-corrected chi connectivity index (χ1v) is 15.0. The summed E-state index contributed by atoms with van der Waals surface area (Å²) < 4.78 is 6.34. The summed E-state index contributed by atoms with van der Waals surface area (Å²) >= 11 is 0. The largest absolute Gasteiger partial charge is 0.456 e. The SMILES string of the molecule is C1=CC2N=C(c3ccccc3)N(c3ccc(-c4ccc5oc6cccc(-c7ccc8ccncc8c7)c6c5c4)cc3)C2C=C1. The highest BCUT2D eigenvalue weighted by molar-refractivity contribution is 6.14. The lowest BCUT2D eigenvalue weighted by Gasteiger charge is -2.29. The maximum atomic E-state index is 6.34. The topological polar surface area (TPSA) is 41.6 Å². The van der Waals surface area contributed by atoms with Crippen molar-refractivity contribution in [3.63, 3.8) is 0 Å². The van der Waals surface area contributed by atoms with Gasteiger partial charge in [-0.05, 0) is 70.1 Å². The highest BCUT2D eigenvalue weighted by Gasteiger charge is 2.35. The van der Waals surface area contributed by atoms with Gasteiger partial charge in [0.2, 0.25) is 0 Å². The molecule has 0 saturated heterocycles. The number of fused-ring (bicyclic) bond motifs is 5. The maximum absolute atomic E-state index is 6.34. The van der Waals surface area contributed by atoms with E-state index in [2.05, 4.69) is 137 Å². The van der Waals surface area contributed by atoms with Crippen molar-refractivity contribution < 1.29 is 4.42 Å². The van der Waals surface area contributed by atoms with E-state index in [1.54, 1.807) is 0 Å². The Labute approximate surface area is 254 Å². The number of rotatable bonds is 4. The second kappa shape index (κ2) is 9.92. The molecular formula is C40H27N3O. The Hall–Kier alpha value is -5.74. The van der Waals surface area contributed by atoms with Gasteiger partial charge in [-0.25, -0.2) is 0 Å². The van der Waals surface area contributed by atoms with Crippen molar-refractivity contribution in [2.24, 2.45) is 4.99 Å². The summed E-state index contributed by atoms with van der Waals surface area (Å²) in [6.07, 6.45) is 12.4. The summed E-state index contributed by atoms with van der Waals surface area (Å²) in [5.74, 6) is 1.01. The molecule has 2 aromatic heterocycles. The molecular weight excluding hydrogens is 538 g/mol. The van der Waals surface area contributed by atoms with Gasteiger partial charge in [-0.15, -0.1) is 0 Å². The maximum Gasteiger partial charge on any atom is 0.136 e. The minimum Gasteiger partial charge on any atom is -0.456 e. The molecule has 0 saturated carbocycles. The number of hydrogen-bond acceptors (Lipinski definition) is 4. The smallest absolute Gasteiger partial charge is 0.136 e. The number of furan rings is 1. The molecule has 2 atom stereocenters. The quantitative estimate of drug-likeness (QED) is 0.213. The van der Waals surface area contributed by atoms with Crippen molar-refractivity contribution in [1.82, 2.24) is 4.98 Å². The molecule has 5 aromatic carbocycles. The molecule has 0 amide bonds. The summed E-state index contributed by atoms with van der Waals surface area (Å²) in [5.41, 5.74) is 8.66. The van der Waals surface area contributed by atoms with Crippen LogP contribution < -0.4 is 4.90 Å². The van der Waals surface area contributed by atoms with Crippen LogP contribution in [0.2, 0.25) is 0 Å². The highest BCUT2D eigenvalue weighted by Crippen LogP contribution is 2.40. The van der Waals surface area contributed by atoms with E-state index in [0.29, 0.717) is 0 Å². The molecule has 1 aliphatic carbocycles. The van der Waals surface area contributed by atoms with E-state index in [1.165, 1.54) is 5.39 Å². The molecule has 9 rings (SSSR count). The average molecular weight is 566 g/mol. The van der Waals surface area contributed by atoms with Gasteiger partial charge < -0.3 is 9.32 Å². The van der Waals surface area contributed by atoms with E-state index in [9.17, 15) is 0 Å². The summed E-state index contributed by atoms with van der Waals surface area (Å²) in [5, 5.41) is 4.55. The van der Waals surface area contributed by atoms with Crippen LogP contribution >= 0.6 is 0 Å². The Morgan fingerprint density at radius 1 is 0.614 bits per heavy atom. The molecule has 4 nitrogen and oxygen atoms in total. The molecule has 208 valence electrons. The van der Waals surface area contributed by atoms with Gasteiger partial charge in [0.1, 0.15) is 17.0 Å². The van der Waals surface area contributed by atoms with Crippen molar-refractivity contribution >= 4 is 44.2 Å². The lowest BCUT2D eigenvalue weighted by Crippen LogP contribution is -2.39. The third kappa shape index (κ3) is 3.99. The van der Waals surface area contributed by atoms with Gasteiger partial charge in [-0.2, -0.15) is 0 Å². The number of aliphatic imine (C=N–C) groups is 1. The lowest BCUT2D eigenvalue weighted by atomic mass is 9.96. The van der Waals surface area contributed by atoms with Crippen LogP contribution in [-0.2, 0) is 0 Å². The van der Waals surface area contributed by atoms with Crippen molar-refractivity contribution in [2.75, 3.05) is 4.90 Å². The zero-order chi connectivity index (χ0) is 29.0. The number of allylic oxidation sites excluding steroid dienone is 2. The van der Waals surface area contributed by atoms with Crippen LogP contribution in [0.15, 0.2) is 161 Å². The fourth-order valence-electron chi connectivity index (χ4n) is 6.70. The Morgan fingerprint density at radius 3 is 2.36 bits per heavy atom. The third-order valence-electron chi connectivity index (χ3n) is 8.83. The van der Waals surface area contributed by atoms with Crippen LogP contribution in [0.3, 0.4) is 0 Å². The first-order chi connectivity index (χ1) is 21.8. The molecule has 0 spiro atoms. The highest BCUT2D eigenvalue weighted by atomic mass is 16.3. The first kappa shape index (κ1) is 24.8. The van der Waals surface area contributed by atoms with E-state index in [-0.39, 0.29) is 12.1 Å². The number of anilines is 1. The van der Waals surface area contributed by atoms with E-state index >= 15 is 0 Å². The zero-order valence-electron chi connectivity index (χ0n) is 23.8. The van der Waals surface area contributed by atoms with Crippen molar-refractivity contribution in [3.05, 3.63) is 158 Å². The number of amidine groups is 1. The predicted octanol–water partition coefficient (Wildman–Crippen LogP) is 9.60. The Kier molecular flexibility index (Phi) is 5.60. The van der Waals surface area contributed by atoms with Gasteiger partial charge >= 0.3 is 0 Å². The molecule has 0 bridgehead atoms. The molecule has 0 radical (unpaired) electrons. The molecule has 1 aliphatic heterocycles. The summed E-state index contributed by atoms with van der Waals surface area (Å²) in [4.78, 5) is 11.8. The molecule has 3 heterocycles. The van der Waals surface area contributed by atoms with Crippen LogP contribution in [0.25, 0.3) is 55.0 Å². The van der Waals surface area contributed by atoms with Gasteiger partial charge in [-0.3, -0.25) is 9.98 Å². The summed E-state index contributed by atoms with van der Waals surface area (Å²) in [6, 6.07) is 41.0. The fraction of sp³-hybridized carbons (Fsp3) is 0.0500. The summed E-state index contributed by atoms with van der Waals surface area (Å²) in [6.45, 7) is 0. The lowest BCUT2D eigenvalue weighted by molar-refractivity contribution is 0.669.